The predicted molar refractivity (Wildman–Crippen MR) is 112 cm³/mol. The number of nitrogens with two attached hydrogens (primary N) is 1. The molecule has 1 saturated carbocycles. The van der Waals surface area contributed by atoms with Gasteiger partial charge in [-0.05, 0) is 55.4 Å². The van der Waals surface area contributed by atoms with Gasteiger partial charge in [-0.1, -0.05) is 31.2 Å². The first kappa shape index (κ1) is 19.3. The summed E-state index contributed by atoms with van der Waals surface area (Å²) < 4.78 is 11.4. The fourth-order valence-corrected chi connectivity index (χ4v) is 4.29. The third-order valence-electron chi connectivity index (χ3n) is 5.88. The van der Waals surface area contributed by atoms with Crippen molar-refractivity contribution in [1.82, 2.24) is 10.2 Å². The van der Waals surface area contributed by atoms with E-state index in [0.29, 0.717) is 19.1 Å². The maximum absolute atomic E-state index is 11.8. The number of aromatic nitrogens is 2. The first-order chi connectivity index (χ1) is 14.0. The topological polar surface area (TPSA) is 90.2 Å². The van der Waals surface area contributed by atoms with Crippen LogP contribution in [0.15, 0.2) is 36.4 Å². The first-order valence-corrected chi connectivity index (χ1v) is 10.1. The Labute approximate surface area is 170 Å². The molecular formula is C23H27N3O3. The SMILES string of the molecule is C/C=C\C(=C/C1C(C)CC1C(N)=O)c1n[nH]c(C)c1-c1ccc2c(c1)OCCO2. The molecule has 0 spiro atoms. The molecule has 3 N–H and O–H groups in total. The highest BCUT2D eigenvalue weighted by molar-refractivity contribution is 5.86. The number of carbonyl (C=O) groups is 1. The van der Waals surface area contributed by atoms with Gasteiger partial charge in [0.15, 0.2) is 11.5 Å². The molecule has 3 unspecified atom stereocenters. The lowest BCUT2D eigenvalue weighted by molar-refractivity contribution is -0.127. The van der Waals surface area contributed by atoms with Crippen LogP contribution >= 0.6 is 0 Å². The van der Waals surface area contributed by atoms with Gasteiger partial charge >= 0.3 is 0 Å². The number of primary amides is 1. The van der Waals surface area contributed by atoms with E-state index in [4.69, 9.17) is 15.2 Å². The van der Waals surface area contributed by atoms with Crippen LogP contribution in [-0.2, 0) is 4.79 Å². The molecule has 2 heterocycles. The quantitative estimate of drug-likeness (QED) is 0.755. The fourth-order valence-electron chi connectivity index (χ4n) is 4.29. The number of fused-ring (bicyclic) bond motifs is 1. The van der Waals surface area contributed by atoms with Crippen LogP contribution in [0.1, 0.15) is 31.7 Å². The molecule has 2 aliphatic rings. The van der Waals surface area contributed by atoms with Crippen LogP contribution in [0.2, 0.25) is 0 Å². The van der Waals surface area contributed by atoms with Crippen molar-refractivity contribution in [2.45, 2.75) is 27.2 Å². The molecule has 0 radical (unpaired) electrons. The zero-order chi connectivity index (χ0) is 20.5. The second-order valence-electron chi connectivity index (χ2n) is 7.85. The van der Waals surface area contributed by atoms with Gasteiger partial charge in [-0.3, -0.25) is 9.89 Å². The van der Waals surface area contributed by atoms with Gasteiger partial charge in [-0.15, -0.1) is 0 Å². The molecule has 1 aliphatic heterocycles. The molecule has 29 heavy (non-hydrogen) atoms. The third-order valence-corrected chi connectivity index (χ3v) is 5.88. The summed E-state index contributed by atoms with van der Waals surface area (Å²) in [4.78, 5) is 11.8. The van der Waals surface area contributed by atoms with Gasteiger partial charge in [0.1, 0.15) is 13.2 Å². The fraction of sp³-hybridized carbons (Fsp3) is 0.391. The lowest BCUT2D eigenvalue weighted by Crippen LogP contribution is -2.42. The van der Waals surface area contributed by atoms with Crippen molar-refractivity contribution < 1.29 is 14.3 Å². The van der Waals surface area contributed by atoms with Crippen LogP contribution in [-0.4, -0.2) is 29.3 Å². The summed E-state index contributed by atoms with van der Waals surface area (Å²) in [6.07, 6.45) is 7.03. The Kier molecular flexibility index (Phi) is 5.18. The number of nitrogens with zero attached hydrogens (tertiary/aromatic N) is 1. The van der Waals surface area contributed by atoms with E-state index >= 15 is 0 Å². The van der Waals surface area contributed by atoms with Crippen LogP contribution in [0, 0.1) is 24.7 Å². The van der Waals surface area contributed by atoms with E-state index in [1.165, 1.54) is 0 Å². The number of carbonyl (C=O) groups excluding carboxylic acids is 1. The minimum absolute atomic E-state index is 0.108. The molecule has 4 rings (SSSR count). The zero-order valence-electron chi connectivity index (χ0n) is 17.1. The van der Waals surface area contributed by atoms with Crippen molar-refractivity contribution in [3.8, 4) is 22.6 Å². The molecular weight excluding hydrogens is 366 g/mol. The maximum Gasteiger partial charge on any atom is 0.221 e. The number of hydrogen-bond acceptors (Lipinski definition) is 4. The molecule has 0 saturated heterocycles. The average Bonchev–Trinajstić information content (AvgIpc) is 3.09. The van der Waals surface area contributed by atoms with Crippen molar-refractivity contribution in [2.75, 3.05) is 13.2 Å². The highest BCUT2D eigenvalue weighted by Crippen LogP contribution is 2.44. The van der Waals surface area contributed by atoms with Crippen molar-refractivity contribution >= 4 is 11.5 Å². The van der Waals surface area contributed by atoms with Crippen LogP contribution in [0.3, 0.4) is 0 Å². The van der Waals surface area contributed by atoms with E-state index in [1.807, 2.05) is 44.2 Å². The number of nitrogens with one attached hydrogen (secondary N) is 1. The summed E-state index contributed by atoms with van der Waals surface area (Å²) in [7, 11) is 0. The number of allylic oxidation sites excluding steroid dienone is 4. The summed E-state index contributed by atoms with van der Waals surface area (Å²) in [5, 5.41) is 7.72. The molecule has 1 fully saturated rings. The van der Waals surface area contributed by atoms with E-state index in [1.54, 1.807) is 0 Å². The maximum atomic E-state index is 11.8. The Morgan fingerprint density at radius 1 is 1.28 bits per heavy atom. The minimum atomic E-state index is -0.227. The largest absolute Gasteiger partial charge is 0.486 e. The van der Waals surface area contributed by atoms with Gasteiger partial charge in [-0.2, -0.15) is 5.10 Å². The number of hydrogen-bond donors (Lipinski definition) is 2. The standard InChI is InChI=1S/C23H27N3O3/c1-4-5-16(11-17-13(2)10-18(17)23(24)27)22-21(14(3)25-26-22)15-6-7-19-20(12-15)29-9-8-28-19/h4-7,11-13,17-18H,8-10H2,1-3H3,(H2,24,27)(H,25,26)/b5-4-,16-11+. The van der Waals surface area contributed by atoms with E-state index < -0.39 is 0 Å². The molecule has 6 nitrogen and oxygen atoms in total. The molecule has 3 atom stereocenters. The molecule has 6 heteroatoms. The highest BCUT2D eigenvalue weighted by Gasteiger charge is 2.40. The second-order valence-corrected chi connectivity index (χ2v) is 7.85. The monoisotopic (exact) mass is 393 g/mol. The number of amides is 1. The summed E-state index contributed by atoms with van der Waals surface area (Å²) in [5.41, 5.74) is 10.5. The van der Waals surface area contributed by atoms with Crippen LogP contribution in [0.25, 0.3) is 16.7 Å². The summed E-state index contributed by atoms with van der Waals surface area (Å²) in [6, 6.07) is 5.97. The molecule has 1 amide bonds. The van der Waals surface area contributed by atoms with Crippen molar-refractivity contribution in [3.63, 3.8) is 0 Å². The third kappa shape index (κ3) is 3.55. The highest BCUT2D eigenvalue weighted by atomic mass is 16.6. The van der Waals surface area contributed by atoms with Gasteiger partial charge in [0.25, 0.3) is 0 Å². The number of H-pyrrole nitrogens is 1. The van der Waals surface area contributed by atoms with Crippen LogP contribution in [0.4, 0.5) is 0 Å². The molecule has 2 aromatic rings. The Hall–Kier alpha value is -3.02. The smallest absolute Gasteiger partial charge is 0.221 e. The van der Waals surface area contributed by atoms with Crippen molar-refractivity contribution in [1.29, 1.82) is 0 Å². The van der Waals surface area contributed by atoms with E-state index in [9.17, 15) is 4.79 Å². The zero-order valence-corrected chi connectivity index (χ0v) is 17.1. The predicted octanol–water partition coefficient (Wildman–Crippen LogP) is 3.87. The van der Waals surface area contributed by atoms with Gasteiger partial charge in [0.2, 0.25) is 5.91 Å². The van der Waals surface area contributed by atoms with Crippen LogP contribution in [0.5, 0.6) is 11.5 Å². The van der Waals surface area contributed by atoms with E-state index in [-0.39, 0.29) is 17.7 Å². The lowest BCUT2D eigenvalue weighted by Gasteiger charge is -2.39. The molecule has 1 aromatic heterocycles. The number of aromatic amines is 1. The van der Waals surface area contributed by atoms with Crippen molar-refractivity contribution in [3.05, 3.63) is 47.8 Å². The first-order valence-electron chi connectivity index (χ1n) is 10.1. The minimum Gasteiger partial charge on any atom is -0.486 e. The second kappa shape index (κ2) is 7.78. The molecule has 1 aliphatic carbocycles. The Bertz CT molecular complexity index is 989. The number of benzene rings is 1. The van der Waals surface area contributed by atoms with Gasteiger partial charge < -0.3 is 15.2 Å². The normalized spacial score (nSPS) is 23.8. The van der Waals surface area contributed by atoms with Crippen molar-refractivity contribution in [2.24, 2.45) is 23.5 Å². The molecule has 152 valence electrons. The van der Waals surface area contributed by atoms with E-state index in [0.717, 1.165) is 46.0 Å². The number of rotatable bonds is 5. The molecule has 1 aromatic carbocycles. The Morgan fingerprint density at radius 2 is 2.03 bits per heavy atom. The average molecular weight is 393 g/mol. The molecule has 0 bridgehead atoms. The number of aryl methyl sites for hydroxylation is 1. The van der Waals surface area contributed by atoms with Gasteiger partial charge in [0.05, 0.1) is 5.69 Å². The Balaban J connectivity index is 1.77. The Morgan fingerprint density at radius 3 is 2.72 bits per heavy atom. The van der Waals surface area contributed by atoms with E-state index in [2.05, 4.69) is 23.2 Å². The lowest BCUT2D eigenvalue weighted by atomic mass is 9.64. The summed E-state index contributed by atoms with van der Waals surface area (Å²) in [5.74, 6) is 1.73. The van der Waals surface area contributed by atoms with Gasteiger partial charge in [-0.25, -0.2) is 0 Å². The van der Waals surface area contributed by atoms with Crippen LogP contribution < -0.4 is 15.2 Å². The number of ether oxygens (including phenoxy) is 2. The summed E-state index contributed by atoms with van der Waals surface area (Å²) in [6.45, 7) is 7.26. The van der Waals surface area contributed by atoms with Gasteiger partial charge in [0, 0.05) is 17.2 Å². The summed E-state index contributed by atoms with van der Waals surface area (Å²) >= 11 is 0.